The summed E-state index contributed by atoms with van der Waals surface area (Å²) in [7, 11) is -5.12. The minimum atomic E-state index is -5.12. The number of hydrogen-bond donors (Lipinski definition) is 6. The first-order chi connectivity index (χ1) is 29.9. The van der Waals surface area contributed by atoms with Crippen molar-refractivity contribution in [3.63, 3.8) is 0 Å². The summed E-state index contributed by atoms with van der Waals surface area (Å²) >= 11 is 0. The van der Waals surface area contributed by atoms with Crippen LogP contribution in [0, 0.1) is 0 Å². The first-order valence-electron chi connectivity index (χ1n) is 24.6. The number of epoxide rings is 1. The summed E-state index contributed by atoms with van der Waals surface area (Å²) in [4.78, 5) is 35.8. The first-order valence-corrected chi connectivity index (χ1v) is 26.1. The quantitative estimate of drug-likeness (QED) is 0.0111. The van der Waals surface area contributed by atoms with Crippen LogP contribution in [0.1, 0.15) is 206 Å². The standard InChI is InChI=1S/C47H87O14P/c1-3-5-7-9-11-12-13-14-15-16-17-18-19-20-21-25-29-33-40(48)57-35-37(36-58-62(55,56)61-47-45(53)43(51)42(50)44(52)46(47)54)59-41(49)34-30-26-22-24-28-32-39-38(60-39)31-27-23-10-8-6-4-2/h23,27,37-39,42-47,50-54H,3-22,24-26,28-36H2,1-2H3,(H,55,56)/b27-23-/t37-,38?,39?,42?,43-,44+,45-,46-,47?/m1/s1. The molecule has 5 unspecified atom stereocenters. The molecule has 14 nitrogen and oxygen atoms in total. The van der Waals surface area contributed by atoms with Gasteiger partial charge in [-0.3, -0.25) is 18.6 Å². The summed E-state index contributed by atoms with van der Waals surface area (Å²) in [6.45, 7) is 3.27. The third-order valence-corrected chi connectivity index (χ3v) is 13.0. The van der Waals surface area contributed by atoms with Crippen LogP contribution in [0.15, 0.2) is 12.2 Å². The fraction of sp³-hybridized carbons (Fsp3) is 0.915. The maximum Gasteiger partial charge on any atom is 0.472 e. The van der Waals surface area contributed by atoms with Gasteiger partial charge in [0, 0.05) is 12.8 Å². The molecular weight excluding hydrogens is 819 g/mol. The van der Waals surface area contributed by atoms with Crippen molar-refractivity contribution in [1.82, 2.24) is 0 Å². The highest BCUT2D eigenvalue weighted by molar-refractivity contribution is 7.47. The summed E-state index contributed by atoms with van der Waals surface area (Å²) in [5, 5.41) is 50.2. The molecule has 62 heavy (non-hydrogen) atoms. The van der Waals surface area contributed by atoms with E-state index in [2.05, 4.69) is 26.0 Å². The zero-order chi connectivity index (χ0) is 45.4. The molecule has 0 amide bonds. The summed E-state index contributed by atoms with van der Waals surface area (Å²) in [5.41, 5.74) is 0. The van der Waals surface area contributed by atoms with E-state index < -0.39 is 75.7 Å². The van der Waals surface area contributed by atoms with Crippen molar-refractivity contribution in [2.24, 2.45) is 0 Å². The molecule has 0 bridgehead atoms. The number of carbonyl (C=O) groups excluding carboxylic acids is 2. The second-order valence-electron chi connectivity index (χ2n) is 17.7. The number of esters is 2. The highest BCUT2D eigenvalue weighted by Crippen LogP contribution is 2.47. The molecule has 0 aromatic carbocycles. The van der Waals surface area contributed by atoms with Gasteiger partial charge in [-0.05, 0) is 38.5 Å². The van der Waals surface area contributed by atoms with Gasteiger partial charge in [0.1, 0.15) is 43.2 Å². The number of aliphatic hydroxyl groups excluding tert-OH is 5. The van der Waals surface area contributed by atoms with Crippen LogP contribution in [0.3, 0.4) is 0 Å². The van der Waals surface area contributed by atoms with Gasteiger partial charge in [0.25, 0.3) is 0 Å². The van der Waals surface area contributed by atoms with E-state index in [1.54, 1.807) is 0 Å². The Morgan fingerprint density at radius 3 is 1.55 bits per heavy atom. The van der Waals surface area contributed by atoms with Gasteiger partial charge in [0.15, 0.2) is 6.10 Å². The second kappa shape index (κ2) is 34.8. The van der Waals surface area contributed by atoms with Crippen LogP contribution in [0.25, 0.3) is 0 Å². The lowest BCUT2D eigenvalue weighted by Gasteiger charge is -2.41. The Hall–Kier alpha value is -1.45. The Balaban J connectivity index is 1.68. The Labute approximate surface area is 373 Å². The fourth-order valence-electron chi connectivity index (χ4n) is 7.94. The molecule has 1 aliphatic heterocycles. The Morgan fingerprint density at radius 2 is 1.02 bits per heavy atom. The molecule has 1 saturated heterocycles. The number of rotatable bonds is 40. The van der Waals surface area contributed by atoms with E-state index in [0.29, 0.717) is 25.0 Å². The predicted octanol–water partition coefficient (Wildman–Crippen LogP) is 8.83. The van der Waals surface area contributed by atoms with E-state index in [0.717, 1.165) is 64.2 Å². The van der Waals surface area contributed by atoms with Crippen LogP contribution in [0.2, 0.25) is 0 Å². The van der Waals surface area contributed by atoms with Crippen molar-refractivity contribution in [3.05, 3.63) is 12.2 Å². The number of carbonyl (C=O) groups is 2. The van der Waals surface area contributed by atoms with E-state index in [9.17, 15) is 44.6 Å². The van der Waals surface area contributed by atoms with Crippen LogP contribution in [0.4, 0.5) is 0 Å². The topological polar surface area (TPSA) is 222 Å². The number of hydrogen-bond acceptors (Lipinski definition) is 13. The molecule has 1 aliphatic carbocycles. The van der Waals surface area contributed by atoms with Gasteiger partial charge in [-0.25, -0.2) is 4.57 Å². The van der Waals surface area contributed by atoms with Gasteiger partial charge in [-0.1, -0.05) is 167 Å². The molecule has 0 aromatic heterocycles. The third-order valence-electron chi connectivity index (χ3n) is 12.0. The summed E-state index contributed by atoms with van der Waals surface area (Å²) in [5.74, 6) is -1.11. The van der Waals surface area contributed by atoms with Crippen LogP contribution in [-0.4, -0.2) is 111 Å². The summed E-state index contributed by atoms with van der Waals surface area (Å²) < 4.78 is 39.4. The van der Waals surface area contributed by atoms with E-state index in [1.807, 2.05) is 0 Å². The second-order valence-corrected chi connectivity index (χ2v) is 19.1. The largest absolute Gasteiger partial charge is 0.472 e. The summed E-state index contributed by atoms with van der Waals surface area (Å²) in [6, 6.07) is 0. The van der Waals surface area contributed by atoms with Gasteiger partial charge < -0.3 is 44.6 Å². The van der Waals surface area contributed by atoms with Gasteiger partial charge in [0.05, 0.1) is 18.8 Å². The van der Waals surface area contributed by atoms with Crippen molar-refractivity contribution < 1.29 is 67.8 Å². The van der Waals surface area contributed by atoms with Gasteiger partial charge in [-0.2, -0.15) is 0 Å². The number of aliphatic hydroxyl groups is 5. The SMILES string of the molecule is CCCCC/C=C\CC1OC1CCCCCCCC(=O)O[C@H](COC(=O)CCCCCCCCCCCCCCCCCCC)COP(=O)(O)OC1[C@H](O)[C@H](O)C(O)[C@H](O)[C@H]1O. The highest BCUT2D eigenvalue weighted by Gasteiger charge is 2.51. The Bertz CT molecular complexity index is 1210. The average Bonchev–Trinajstić information content (AvgIpc) is 4.01. The molecule has 2 rings (SSSR count). The minimum absolute atomic E-state index is 0.0773. The highest BCUT2D eigenvalue weighted by atomic mass is 31.2. The number of allylic oxidation sites excluding steroid dienone is 1. The van der Waals surface area contributed by atoms with Crippen LogP contribution >= 0.6 is 7.82 Å². The Morgan fingerprint density at radius 1 is 0.565 bits per heavy atom. The van der Waals surface area contributed by atoms with Crippen LogP contribution in [-0.2, 0) is 37.4 Å². The predicted molar refractivity (Wildman–Crippen MR) is 239 cm³/mol. The molecule has 15 heteroatoms. The molecule has 0 spiro atoms. The Kier molecular flexibility index (Phi) is 31.8. The maximum absolute atomic E-state index is 12.8. The zero-order valence-electron chi connectivity index (χ0n) is 38.4. The van der Waals surface area contributed by atoms with Crippen molar-refractivity contribution in [2.45, 2.75) is 261 Å². The molecule has 0 radical (unpaired) electrons. The minimum Gasteiger partial charge on any atom is -0.462 e. The monoisotopic (exact) mass is 907 g/mol. The molecule has 6 N–H and O–H groups in total. The van der Waals surface area contributed by atoms with E-state index in [1.165, 1.54) is 103 Å². The van der Waals surface area contributed by atoms with E-state index >= 15 is 0 Å². The first kappa shape index (κ1) is 56.7. The van der Waals surface area contributed by atoms with Crippen molar-refractivity contribution in [1.29, 1.82) is 0 Å². The molecule has 2 aliphatic rings. The molecule has 0 aromatic rings. The van der Waals surface area contributed by atoms with Crippen molar-refractivity contribution in [2.75, 3.05) is 13.2 Å². The van der Waals surface area contributed by atoms with Gasteiger partial charge in [-0.15, -0.1) is 0 Å². The molecular formula is C47H87O14P. The van der Waals surface area contributed by atoms with Crippen molar-refractivity contribution >= 4 is 19.8 Å². The lowest BCUT2D eigenvalue weighted by Crippen LogP contribution is -2.64. The molecule has 2 fully saturated rings. The third kappa shape index (κ3) is 26.5. The van der Waals surface area contributed by atoms with Crippen LogP contribution in [0.5, 0.6) is 0 Å². The lowest BCUT2D eigenvalue weighted by molar-refractivity contribution is -0.220. The molecule has 10 atom stereocenters. The maximum atomic E-state index is 12.8. The number of phosphoric ester groups is 1. The molecule has 1 saturated carbocycles. The normalized spacial score (nSPS) is 25.2. The smallest absolute Gasteiger partial charge is 0.462 e. The van der Waals surface area contributed by atoms with Gasteiger partial charge in [0.2, 0.25) is 0 Å². The number of unbranched alkanes of at least 4 members (excludes halogenated alkanes) is 23. The fourth-order valence-corrected chi connectivity index (χ4v) is 8.91. The lowest BCUT2D eigenvalue weighted by atomic mass is 9.85. The molecule has 1 heterocycles. The molecule has 364 valence electrons. The van der Waals surface area contributed by atoms with Crippen LogP contribution < -0.4 is 0 Å². The van der Waals surface area contributed by atoms with E-state index in [-0.39, 0.29) is 12.8 Å². The number of ether oxygens (including phenoxy) is 3. The zero-order valence-corrected chi connectivity index (χ0v) is 39.3. The average molecular weight is 907 g/mol. The van der Waals surface area contributed by atoms with Crippen molar-refractivity contribution in [3.8, 4) is 0 Å². The number of phosphoric acid groups is 1. The van der Waals surface area contributed by atoms with Gasteiger partial charge >= 0.3 is 19.8 Å². The summed E-state index contributed by atoms with van der Waals surface area (Å²) in [6.07, 6.45) is 24.2. The van der Waals surface area contributed by atoms with E-state index in [4.69, 9.17) is 23.3 Å².